The summed E-state index contributed by atoms with van der Waals surface area (Å²) < 4.78 is 5.21. The summed E-state index contributed by atoms with van der Waals surface area (Å²) in [5.74, 6) is -0.285. The second-order valence-corrected chi connectivity index (χ2v) is 5.09. The van der Waals surface area contributed by atoms with E-state index in [1.54, 1.807) is 0 Å². The minimum absolute atomic E-state index is 0.166. The Morgan fingerprint density at radius 1 is 1.19 bits per heavy atom. The van der Waals surface area contributed by atoms with Gasteiger partial charge in [0, 0.05) is 5.56 Å². The van der Waals surface area contributed by atoms with Crippen LogP contribution in [0.4, 0.5) is 4.79 Å². The molecule has 0 atom stereocenters. The van der Waals surface area contributed by atoms with Gasteiger partial charge in [0.05, 0.1) is 6.54 Å². The highest BCUT2D eigenvalue weighted by molar-refractivity contribution is 6.06. The van der Waals surface area contributed by atoms with Crippen LogP contribution in [0, 0.1) is 6.92 Å². The van der Waals surface area contributed by atoms with Gasteiger partial charge in [0.1, 0.15) is 6.61 Å². The summed E-state index contributed by atoms with van der Waals surface area (Å²) in [4.78, 5) is 25.4. The van der Waals surface area contributed by atoms with Gasteiger partial charge in [-0.15, -0.1) is 0 Å². The predicted octanol–water partition coefficient (Wildman–Crippen LogP) is 3.29. The van der Waals surface area contributed by atoms with Crippen LogP contribution < -0.4 is 0 Å². The highest BCUT2D eigenvalue weighted by Crippen LogP contribution is 2.24. The molecule has 1 heterocycles. The third kappa shape index (κ3) is 2.65. The molecule has 0 saturated heterocycles. The second kappa shape index (κ2) is 5.40. The Kier molecular flexibility index (Phi) is 3.44. The third-order valence-corrected chi connectivity index (χ3v) is 3.49. The Morgan fingerprint density at radius 2 is 1.95 bits per heavy atom. The summed E-state index contributed by atoms with van der Waals surface area (Å²) in [6.07, 6.45) is -0.599. The Bertz CT molecular complexity index is 694. The summed E-state index contributed by atoms with van der Waals surface area (Å²) in [6.45, 7) is 2.37. The van der Waals surface area contributed by atoms with Crippen LogP contribution in [0.2, 0.25) is 0 Å². The fourth-order valence-electron chi connectivity index (χ4n) is 2.36. The molecule has 4 heteroatoms. The van der Waals surface area contributed by atoms with E-state index in [-0.39, 0.29) is 19.1 Å². The monoisotopic (exact) mass is 281 g/mol. The number of ether oxygens (including phenoxy) is 1. The number of aryl methyl sites for hydroxylation is 1. The molecule has 0 bridgehead atoms. The number of imide groups is 1. The number of hydrogen-bond donors (Lipinski definition) is 0. The van der Waals surface area contributed by atoms with Crippen LogP contribution in [0.25, 0.3) is 0 Å². The lowest BCUT2D eigenvalue weighted by molar-refractivity contribution is 0.0662. The van der Waals surface area contributed by atoms with Gasteiger partial charge in [-0.25, -0.2) is 9.69 Å². The van der Waals surface area contributed by atoms with Gasteiger partial charge in [-0.05, 0) is 24.1 Å². The molecule has 4 nitrogen and oxygen atoms in total. The molecule has 1 aliphatic rings. The van der Waals surface area contributed by atoms with Gasteiger partial charge in [-0.3, -0.25) is 4.79 Å². The Hall–Kier alpha value is -2.62. The Morgan fingerprint density at radius 3 is 2.71 bits per heavy atom. The standard InChI is InChI=1S/C17H15NO3/c1-12-7-8-14-10-18(16(19)15(14)9-12)17(20)21-11-13-5-3-2-4-6-13/h2-9H,10-11H2,1H3. The van der Waals surface area contributed by atoms with Crippen molar-refractivity contribution < 1.29 is 14.3 Å². The van der Waals surface area contributed by atoms with Crippen molar-refractivity contribution in [2.24, 2.45) is 0 Å². The molecule has 21 heavy (non-hydrogen) atoms. The van der Waals surface area contributed by atoms with Crippen LogP contribution in [-0.4, -0.2) is 16.9 Å². The summed E-state index contributed by atoms with van der Waals surface area (Å²) in [5, 5.41) is 0. The molecule has 0 saturated carbocycles. The first-order chi connectivity index (χ1) is 10.1. The van der Waals surface area contributed by atoms with Gasteiger partial charge in [0.25, 0.3) is 5.91 Å². The number of nitrogens with zero attached hydrogens (tertiary/aromatic N) is 1. The average molecular weight is 281 g/mol. The van der Waals surface area contributed by atoms with Crippen LogP contribution in [0.5, 0.6) is 0 Å². The van der Waals surface area contributed by atoms with Crippen molar-refractivity contribution in [1.29, 1.82) is 0 Å². The van der Waals surface area contributed by atoms with Crippen LogP contribution >= 0.6 is 0 Å². The second-order valence-electron chi connectivity index (χ2n) is 5.09. The van der Waals surface area contributed by atoms with Gasteiger partial charge in [0.2, 0.25) is 0 Å². The zero-order valence-corrected chi connectivity index (χ0v) is 11.7. The largest absolute Gasteiger partial charge is 0.444 e. The smallest absolute Gasteiger partial charge is 0.417 e. The number of rotatable bonds is 2. The fraction of sp³-hybridized carbons (Fsp3) is 0.176. The maximum absolute atomic E-state index is 12.2. The fourth-order valence-corrected chi connectivity index (χ4v) is 2.36. The number of fused-ring (bicyclic) bond motifs is 1. The SMILES string of the molecule is Cc1ccc2c(c1)C(=O)N(C(=O)OCc1ccccc1)C2. The summed E-state index contributed by atoms with van der Waals surface area (Å²) in [6, 6.07) is 15.0. The molecule has 0 spiro atoms. The van der Waals surface area contributed by atoms with Gasteiger partial charge >= 0.3 is 6.09 Å². The minimum Gasteiger partial charge on any atom is -0.444 e. The molecule has 0 N–H and O–H groups in total. The maximum atomic E-state index is 12.2. The summed E-state index contributed by atoms with van der Waals surface area (Å²) in [7, 11) is 0. The molecule has 0 aromatic heterocycles. The molecule has 3 rings (SSSR count). The van der Waals surface area contributed by atoms with Crippen LogP contribution in [0.3, 0.4) is 0 Å². The van der Waals surface area contributed by atoms with Crippen LogP contribution in [0.15, 0.2) is 48.5 Å². The third-order valence-electron chi connectivity index (χ3n) is 3.49. The minimum atomic E-state index is -0.599. The molecule has 0 fully saturated rings. The van der Waals surface area contributed by atoms with Gasteiger partial charge in [0.15, 0.2) is 0 Å². The number of benzene rings is 2. The lowest BCUT2D eigenvalue weighted by atomic mass is 10.1. The number of amides is 2. The Balaban J connectivity index is 1.68. The normalized spacial score (nSPS) is 13.2. The zero-order chi connectivity index (χ0) is 14.8. The van der Waals surface area contributed by atoms with E-state index in [2.05, 4.69) is 0 Å². The molecule has 1 aliphatic heterocycles. The molecule has 2 aromatic carbocycles. The zero-order valence-electron chi connectivity index (χ0n) is 11.7. The van der Waals surface area contributed by atoms with Crippen LogP contribution in [-0.2, 0) is 17.9 Å². The van der Waals surface area contributed by atoms with E-state index in [1.165, 1.54) is 0 Å². The molecule has 0 radical (unpaired) electrons. The molecule has 106 valence electrons. The lowest BCUT2D eigenvalue weighted by Gasteiger charge is -2.13. The van der Waals surface area contributed by atoms with E-state index in [0.29, 0.717) is 5.56 Å². The quantitative estimate of drug-likeness (QED) is 0.848. The van der Waals surface area contributed by atoms with Crippen molar-refractivity contribution >= 4 is 12.0 Å². The van der Waals surface area contributed by atoms with E-state index in [4.69, 9.17) is 4.74 Å². The molecule has 2 aromatic rings. The molecule has 0 unspecified atom stereocenters. The topological polar surface area (TPSA) is 46.6 Å². The van der Waals surface area contributed by atoms with E-state index in [1.807, 2.05) is 55.5 Å². The van der Waals surface area contributed by atoms with Crippen molar-refractivity contribution in [3.8, 4) is 0 Å². The average Bonchev–Trinajstić information content (AvgIpc) is 2.83. The van der Waals surface area contributed by atoms with Crippen molar-refractivity contribution in [2.75, 3.05) is 0 Å². The Labute approximate surface area is 123 Å². The van der Waals surface area contributed by atoms with Crippen molar-refractivity contribution in [1.82, 2.24) is 4.90 Å². The lowest BCUT2D eigenvalue weighted by Crippen LogP contribution is -2.31. The first kappa shape index (κ1) is 13.4. The van der Waals surface area contributed by atoms with Gasteiger partial charge in [-0.2, -0.15) is 0 Å². The van der Waals surface area contributed by atoms with Crippen molar-refractivity contribution in [2.45, 2.75) is 20.1 Å². The van der Waals surface area contributed by atoms with E-state index in [0.717, 1.165) is 21.6 Å². The summed E-state index contributed by atoms with van der Waals surface area (Å²) in [5.41, 5.74) is 3.35. The van der Waals surface area contributed by atoms with Crippen molar-refractivity contribution in [3.63, 3.8) is 0 Å². The van der Waals surface area contributed by atoms with Gasteiger partial charge in [-0.1, -0.05) is 48.0 Å². The van der Waals surface area contributed by atoms with Crippen molar-refractivity contribution in [3.05, 3.63) is 70.8 Å². The van der Waals surface area contributed by atoms with Crippen LogP contribution in [0.1, 0.15) is 27.0 Å². The molecular formula is C17H15NO3. The number of hydrogen-bond acceptors (Lipinski definition) is 3. The van der Waals surface area contributed by atoms with E-state index < -0.39 is 6.09 Å². The van der Waals surface area contributed by atoms with E-state index in [9.17, 15) is 9.59 Å². The first-order valence-corrected chi connectivity index (χ1v) is 6.77. The first-order valence-electron chi connectivity index (χ1n) is 6.77. The molecular weight excluding hydrogens is 266 g/mol. The summed E-state index contributed by atoms with van der Waals surface area (Å²) >= 11 is 0. The number of carbonyl (C=O) groups is 2. The highest BCUT2D eigenvalue weighted by atomic mass is 16.6. The van der Waals surface area contributed by atoms with E-state index >= 15 is 0 Å². The highest BCUT2D eigenvalue weighted by Gasteiger charge is 2.33. The van der Waals surface area contributed by atoms with Gasteiger partial charge < -0.3 is 4.74 Å². The maximum Gasteiger partial charge on any atom is 0.417 e. The molecule has 0 aliphatic carbocycles. The molecule has 2 amide bonds. The predicted molar refractivity (Wildman–Crippen MR) is 77.7 cm³/mol. The number of carbonyl (C=O) groups excluding carboxylic acids is 2.